The molecule has 9 heteroatoms. The number of amides is 3. The number of hydrogen-bond acceptors (Lipinski definition) is 7. The van der Waals surface area contributed by atoms with Crippen LogP contribution in [0.5, 0.6) is 0 Å². The van der Waals surface area contributed by atoms with Crippen LogP contribution >= 0.6 is 0 Å². The van der Waals surface area contributed by atoms with Crippen LogP contribution in [0.15, 0.2) is 71.1 Å². The second kappa shape index (κ2) is 6.94. The number of rotatable bonds is 2. The summed E-state index contributed by atoms with van der Waals surface area (Å²) in [6.07, 6.45) is 0. The zero-order chi connectivity index (χ0) is 23.4. The lowest BCUT2D eigenvalue weighted by Gasteiger charge is -2.29. The van der Waals surface area contributed by atoms with Crippen LogP contribution in [0.3, 0.4) is 0 Å². The molecule has 0 saturated heterocycles. The van der Waals surface area contributed by atoms with Gasteiger partial charge in [0.15, 0.2) is 0 Å². The molecule has 2 heterocycles. The first-order chi connectivity index (χ1) is 15.9. The molecule has 3 aliphatic rings. The number of ketones is 1. The molecule has 2 aliphatic heterocycles. The van der Waals surface area contributed by atoms with E-state index in [0.29, 0.717) is 16.0 Å². The Morgan fingerprint density at radius 2 is 1.27 bits per heavy atom. The highest BCUT2D eigenvalue weighted by Crippen LogP contribution is 2.37. The molecule has 0 fully saturated rings. The number of allylic oxidation sites excluding steroid dienone is 2. The topological polar surface area (TPSA) is 146 Å². The molecule has 2 aromatic rings. The van der Waals surface area contributed by atoms with E-state index in [2.05, 4.69) is 0 Å². The van der Waals surface area contributed by atoms with Crippen molar-refractivity contribution in [3.63, 3.8) is 0 Å². The summed E-state index contributed by atoms with van der Waals surface area (Å²) in [6, 6.07) is 15.9. The van der Waals surface area contributed by atoms with Crippen molar-refractivity contribution in [2.75, 3.05) is 0 Å². The number of carbonyl (C=O) groups excluding carboxylic acids is 4. The molecule has 0 radical (unpaired) electrons. The van der Waals surface area contributed by atoms with Crippen LogP contribution in [0.25, 0.3) is 0 Å². The summed E-state index contributed by atoms with van der Waals surface area (Å²) in [4.78, 5) is 54.5. The van der Waals surface area contributed by atoms with Crippen molar-refractivity contribution in [1.82, 2.24) is 9.80 Å². The first kappa shape index (κ1) is 19.8. The smallest absolute Gasteiger partial charge is 0.266 e. The molecule has 0 saturated carbocycles. The third-order valence-corrected chi connectivity index (χ3v) is 5.74. The van der Waals surface area contributed by atoms with Gasteiger partial charge < -0.3 is 0 Å². The summed E-state index contributed by atoms with van der Waals surface area (Å²) in [5.41, 5.74) is -1.65. The molecule has 9 nitrogen and oxygen atoms in total. The predicted molar refractivity (Wildman–Crippen MR) is 111 cm³/mol. The largest absolute Gasteiger partial charge is 0.300 e. The van der Waals surface area contributed by atoms with E-state index in [0.717, 1.165) is 4.90 Å². The highest BCUT2D eigenvalue weighted by atomic mass is 16.2. The SMILES string of the molecule is N#CC1=C(C#N)C(=O)C(N2C(=O)c3ccccc3C2=O)=C(N2Cc3ccccc3C2=O)C1=N. The Labute approximate surface area is 186 Å². The van der Waals surface area contributed by atoms with Gasteiger partial charge in [0, 0.05) is 5.56 Å². The summed E-state index contributed by atoms with van der Waals surface area (Å²) in [5, 5.41) is 27.7. The van der Waals surface area contributed by atoms with E-state index in [1.807, 2.05) is 0 Å². The second-order valence-corrected chi connectivity index (χ2v) is 7.41. The average molecular weight is 433 g/mol. The average Bonchev–Trinajstić information content (AvgIpc) is 3.28. The van der Waals surface area contributed by atoms with Crippen LogP contribution in [-0.4, -0.2) is 39.0 Å². The van der Waals surface area contributed by atoms with E-state index in [9.17, 15) is 29.7 Å². The molecule has 156 valence electrons. The van der Waals surface area contributed by atoms with Gasteiger partial charge in [-0.3, -0.25) is 29.5 Å². The van der Waals surface area contributed by atoms with Gasteiger partial charge in [-0.05, 0) is 23.8 Å². The number of imide groups is 1. The first-order valence-corrected chi connectivity index (χ1v) is 9.71. The Kier molecular flexibility index (Phi) is 4.16. The van der Waals surface area contributed by atoms with Gasteiger partial charge in [0.1, 0.15) is 29.0 Å². The maximum atomic E-state index is 13.4. The van der Waals surface area contributed by atoms with Crippen molar-refractivity contribution < 1.29 is 19.2 Å². The van der Waals surface area contributed by atoms with Gasteiger partial charge in [-0.2, -0.15) is 10.5 Å². The molecule has 0 bridgehead atoms. The minimum absolute atomic E-state index is 0.0345. The minimum Gasteiger partial charge on any atom is -0.300 e. The van der Waals surface area contributed by atoms with Crippen LogP contribution in [0.4, 0.5) is 0 Å². The number of carbonyl (C=O) groups is 4. The van der Waals surface area contributed by atoms with Crippen molar-refractivity contribution in [1.29, 1.82) is 15.9 Å². The van der Waals surface area contributed by atoms with E-state index in [1.54, 1.807) is 48.5 Å². The van der Waals surface area contributed by atoms with Crippen LogP contribution in [0, 0.1) is 28.1 Å². The van der Waals surface area contributed by atoms with E-state index in [4.69, 9.17) is 5.41 Å². The number of nitrogens with zero attached hydrogens (tertiary/aromatic N) is 4. The Morgan fingerprint density at radius 1 is 0.727 bits per heavy atom. The third-order valence-electron chi connectivity index (χ3n) is 5.74. The Balaban J connectivity index is 1.76. The van der Waals surface area contributed by atoms with Crippen LogP contribution < -0.4 is 0 Å². The van der Waals surface area contributed by atoms with Crippen molar-refractivity contribution >= 4 is 29.2 Å². The van der Waals surface area contributed by atoms with Crippen molar-refractivity contribution in [3.8, 4) is 12.1 Å². The third kappa shape index (κ3) is 2.54. The van der Waals surface area contributed by atoms with Gasteiger partial charge in [-0.25, -0.2) is 4.90 Å². The predicted octanol–water partition coefficient (Wildman–Crippen LogP) is 2.10. The Morgan fingerprint density at radius 3 is 1.82 bits per heavy atom. The van der Waals surface area contributed by atoms with Gasteiger partial charge in [-0.15, -0.1) is 0 Å². The maximum Gasteiger partial charge on any atom is 0.266 e. The van der Waals surface area contributed by atoms with Gasteiger partial charge in [0.2, 0.25) is 5.78 Å². The molecule has 0 unspecified atom stereocenters. The van der Waals surface area contributed by atoms with Gasteiger partial charge in [0.05, 0.1) is 29.1 Å². The molecule has 0 aromatic heterocycles. The number of hydrogen-bond donors (Lipinski definition) is 1. The van der Waals surface area contributed by atoms with Crippen molar-refractivity contribution in [3.05, 3.63) is 93.3 Å². The minimum atomic E-state index is -1.07. The van der Waals surface area contributed by atoms with Crippen LogP contribution in [0.1, 0.15) is 36.6 Å². The Bertz CT molecular complexity index is 1480. The molecule has 3 amide bonds. The molecule has 33 heavy (non-hydrogen) atoms. The fourth-order valence-corrected chi connectivity index (χ4v) is 4.22. The van der Waals surface area contributed by atoms with Gasteiger partial charge in [-0.1, -0.05) is 30.3 Å². The number of nitrogens with one attached hydrogen (secondary N) is 1. The number of nitriles is 2. The molecule has 1 N–H and O–H groups in total. The fraction of sp³-hybridized carbons (Fsp3) is 0.0417. The normalized spacial score (nSPS) is 17.5. The molecule has 5 rings (SSSR count). The summed E-state index contributed by atoms with van der Waals surface area (Å²) < 4.78 is 0. The highest BCUT2D eigenvalue weighted by Gasteiger charge is 2.48. The van der Waals surface area contributed by atoms with Gasteiger partial charge in [0.25, 0.3) is 17.7 Å². The lowest BCUT2D eigenvalue weighted by atomic mass is 9.89. The van der Waals surface area contributed by atoms with Crippen molar-refractivity contribution in [2.24, 2.45) is 0 Å². The Hall–Kier alpha value is -5.15. The number of fused-ring (bicyclic) bond motifs is 2. The zero-order valence-corrected chi connectivity index (χ0v) is 16.7. The molecular weight excluding hydrogens is 422 g/mol. The monoisotopic (exact) mass is 433 g/mol. The summed E-state index contributed by atoms with van der Waals surface area (Å²) >= 11 is 0. The molecule has 1 aliphatic carbocycles. The van der Waals surface area contributed by atoms with E-state index in [1.165, 1.54) is 12.1 Å². The van der Waals surface area contributed by atoms with Crippen LogP contribution in [0.2, 0.25) is 0 Å². The molecular formula is C24H11N5O4. The molecule has 0 spiro atoms. The second-order valence-electron chi connectivity index (χ2n) is 7.41. The molecule has 0 atom stereocenters. The first-order valence-electron chi connectivity index (χ1n) is 9.71. The number of Topliss-reactive ketones (excluding diaryl/α,β-unsaturated/α-hetero) is 1. The lowest BCUT2D eigenvalue weighted by Crippen LogP contribution is -2.43. The maximum absolute atomic E-state index is 13.4. The lowest BCUT2D eigenvalue weighted by molar-refractivity contribution is -0.113. The highest BCUT2D eigenvalue weighted by molar-refractivity contribution is 6.34. The van der Waals surface area contributed by atoms with Gasteiger partial charge >= 0.3 is 0 Å². The van der Waals surface area contributed by atoms with E-state index >= 15 is 0 Å². The summed E-state index contributed by atoms with van der Waals surface area (Å²) in [5.74, 6) is -3.25. The summed E-state index contributed by atoms with van der Waals surface area (Å²) in [6.45, 7) is -0.0345. The fourth-order valence-electron chi connectivity index (χ4n) is 4.22. The molecule has 2 aromatic carbocycles. The quantitative estimate of drug-likeness (QED) is 0.567. The zero-order valence-electron chi connectivity index (χ0n) is 16.7. The van der Waals surface area contributed by atoms with Crippen LogP contribution in [-0.2, 0) is 11.3 Å². The summed E-state index contributed by atoms with van der Waals surface area (Å²) in [7, 11) is 0. The van der Waals surface area contributed by atoms with E-state index in [-0.39, 0.29) is 23.4 Å². The van der Waals surface area contributed by atoms with Crippen molar-refractivity contribution in [2.45, 2.75) is 6.54 Å². The standard InChI is InChI=1S/C24H11N5O4/c25-9-16-17(10-26)21(30)20(29-23(32)14-7-3-4-8-15(14)24(29)33)19(18(16)27)28-11-12-5-1-2-6-13(12)22(28)31/h1-8,27H,11H2. The number of benzene rings is 2. The van der Waals surface area contributed by atoms with E-state index < -0.39 is 46.1 Å².